The van der Waals surface area contributed by atoms with Gasteiger partial charge in [-0.15, -0.1) is 11.8 Å². The van der Waals surface area contributed by atoms with Gasteiger partial charge in [-0.05, 0) is 30.7 Å². The van der Waals surface area contributed by atoms with Crippen molar-refractivity contribution in [3.63, 3.8) is 0 Å². The first kappa shape index (κ1) is 18.4. The van der Waals surface area contributed by atoms with E-state index in [9.17, 15) is 9.59 Å². The summed E-state index contributed by atoms with van der Waals surface area (Å²) in [7, 11) is 1.37. The zero-order valence-electron chi connectivity index (χ0n) is 13.8. The third-order valence-electron chi connectivity index (χ3n) is 3.83. The van der Waals surface area contributed by atoms with Crippen molar-refractivity contribution in [2.75, 3.05) is 12.9 Å². The maximum Gasteiger partial charge on any atom is 0.319 e. The number of halogens is 1. The molecule has 0 N–H and O–H groups in total. The smallest absolute Gasteiger partial charge is 0.319 e. The molecule has 0 saturated carbocycles. The van der Waals surface area contributed by atoms with Crippen molar-refractivity contribution in [2.45, 2.75) is 35.1 Å². The van der Waals surface area contributed by atoms with E-state index in [0.29, 0.717) is 27.2 Å². The first-order chi connectivity index (χ1) is 12.0. The SMILES string of the molecule is CCC(Sc1nc2c(c(=O)n1-c1ccc(Cl)cc1)SCC2)C(=O)OC. The van der Waals surface area contributed by atoms with E-state index < -0.39 is 5.25 Å². The maximum absolute atomic E-state index is 13.0. The second-order valence-electron chi connectivity index (χ2n) is 5.42. The number of methoxy groups -OCH3 is 1. The van der Waals surface area contributed by atoms with Crippen LogP contribution in [0.2, 0.25) is 5.02 Å². The fourth-order valence-electron chi connectivity index (χ4n) is 2.55. The molecule has 8 heteroatoms. The Morgan fingerprint density at radius 1 is 1.44 bits per heavy atom. The van der Waals surface area contributed by atoms with Crippen LogP contribution in [-0.2, 0) is 16.0 Å². The number of thioether (sulfide) groups is 2. The van der Waals surface area contributed by atoms with Crippen LogP contribution in [0.1, 0.15) is 19.0 Å². The summed E-state index contributed by atoms with van der Waals surface area (Å²) in [6, 6.07) is 7.02. The molecule has 0 bridgehead atoms. The summed E-state index contributed by atoms with van der Waals surface area (Å²) in [5.74, 6) is 0.528. The highest BCUT2D eigenvalue weighted by Crippen LogP contribution is 2.32. The van der Waals surface area contributed by atoms with E-state index in [0.717, 1.165) is 17.9 Å². The Bertz CT molecular complexity index is 852. The number of benzene rings is 1. The van der Waals surface area contributed by atoms with Crippen molar-refractivity contribution in [3.05, 3.63) is 45.3 Å². The van der Waals surface area contributed by atoms with E-state index in [1.54, 1.807) is 28.8 Å². The Morgan fingerprint density at radius 2 is 2.16 bits per heavy atom. The predicted octanol–water partition coefficient (Wildman–Crippen LogP) is 3.58. The Labute approximate surface area is 159 Å². The van der Waals surface area contributed by atoms with Crippen LogP contribution in [0.3, 0.4) is 0 Å². The van der Waals surface area contributed by atoms with Crippen molar-refractivity contribution < 1.29 is 9.53 Å². The standard InChI is InChI=1S/C17H17ClN2O3S2/c1-3-13(16(22)23-2)25-17-19-12-8-9-24-14(12)15(21)20(17)11-6-4-10(18)5-7-11/h4-7,13H,3,8-9H2,1-2H3. The van der Waals surface area contributed by atoms with Crippen LogP contribution in [0.15, 0.2) is 39.1 Å². The molecule has 0 radical (unpaired) electrons. The highest BCUT2D eigenvalue weighted by Gasteiger charge is 2.26. The number of hydrogen-bond donors (Lipinski definition) is 0. The summed E-state index contributed by atoms with van der Waals surface area (Å²) in [6.45, 7) is 1.91. The molecule has 0 aliphatic carbocycles. The van der Waals surface area contributed by atoms with Gasteiger partial charge >= 0.3 is 5.97 Å². The van der Waals surface area contributed by atoms with Gasteiger partial charge in [0.2, 0.25) is 0 Å². The van der Waals surface area contributed by atoms with Crippen molar-refractivity contribution in [2.24, 2.45) is 0 Å². The number of ether oxygens (including phenoxy) is 1. The Hall–Kier alpha value is -1.44. The van der Waals surface area contributed by atoms with Gasteiger partial charge in [-0.3, -0.25) is 14.2 Å². The quantitative estimate of drug-likeness (QED) is 0.437. The monoisotopic (exact) mass is 396 g/mol. The molecule has 25 heavy (non-hydrogen) atoms. The number of aromatic nitrogens is 2. The molecule has 1 aliphatic heterocycles. The number of fused-ring (bicyclic) bond motifs is 1. The fourth-order valence-corrected chi connectivity index (χ4v) is 4.77. The lowest BCUT2D eigenvalue weighted by molar-refractivity contribution is -0.140. The van der Waals surface area contributed by atoms with Gasteiger partial charge in [-0.25, -0.2) is 4.98 Å². The van der Waals surface area contributed by atoms with Crippen LogP contribution in [0.25, 0.3) is 5.69 Å². The number of carbonyl (C=O) groups is 1. The topological polar surface area (TPSA) is 61.2 Å². The minimum Gasteiger partial charge on any atom is -0.468 e. The molecule has 0 fully saturated rings. The number of aryl methyl sites for hydroxylation is 1. The van der Waals surface area contributed by atoms with Crippen molar-refractivity contribution >= 4 is 41.1 Å². The fraction of sp³-hybridized carbons (Fsp3) is 0.353. The van der Waals surface area contributed by atoms with Gasteiger partial charge in [0.25, 0.3) is 5.56 Å². The average Bonchev–Trinajstić information content (AvgIpc) is 3.09. The van der Waals surface area contributed by atoms with E-state index in [4.69, 9.17) is 16.3 Å². The molecule has 1 unspecified atom stereocenters. The van der Waals surface area contributed by atoms with E-state index in [1.165, 1.54) is 30.6 Å². The molecule has 0 amide bonds. The molecular formula is C17H17ClN2O3S2. The van der Waals surface area contributed by atoms with Gasteiger partial charge in [-0.2, -0.15) is 0 Å². The molecule has 2 aromatic rings. The molecule has 1 aromatic carbocycles. The van der Waals surface area contributed by atoms with Gasteiger partial charge in [0, 0.05) is 17.2 Å². The second kappa shape index (κ2) is 7.85. The minimum absolute atomic E-state index is 0.1000. The van der Waals surface area contributed by atoms with Crippen molar-refractivity contribution in [3.8, 4) is 5.69 Å². The van der Waals surface area contributed by atoms with Gasteiger partial charge in [0.1, 0.15) is 5.25 Å². The molecule has 1 atom stereocenters. The Kier molecular flexibility index (Phi) is 5.76. The third kappa shape index (κ3) is 3.73. The first-order valence-corrected chi connectivity index (χ1v) is 10.1. The normalized spacial score (nSPS) is 14.2. The van der Waals surface area contributed by atoms with Gasteiger partial charge < -0.3 is 4.74 Å². The van der Waals surface area contributed by atoms with E-state index in [2.05, 4.69) is 4.98 Å². The minimum atomic E-state index is -0.414. The van der Waals surface area contributed by atoms with Crippen LogP contribution in [0, 0.1) is 0 Å². The average molecular weight is 397 g/mol. The summed E-state index contributed by atoms with van der Waals surface area (Å²) in [5.41, 5.74) is 1.39. The Balaban J connectivity index is 2.13. The Morgan fingerprint density at radius 3 is 2.80 bits per heavy atom. The largest absolute Gasteiger partial charge is 0.468 e. The van der Waals surface area contributed by atoms with Gasteiger partial charge in [0.15, 0.2) is 5.16 Å². The van der Waals surface area contributed by atoms with E-state index >= 15 is 0 Å². The number of hydrogen-bond acceptors (Lipinski definition) is 6. The van der Waals surface area contributed by atoms with Gasteiger partial charge in [0.05, 0.1) is 23.4 Å². The second-order valence-corrected chi connectivity index (χ2v) is 8.14. The molecule has 1 aromatic heterocycles. The predicted molar refractivity (Wildman–Crippen MR) is 101 cm³/mol. The summed E-state index contributed by atoms with van der Waals surface area (Å²) in [6.07, 6.45) is 1.35. The van der Waals surface area contributed by atoms with Crippen LogP contribution < -0.4 is 5.56 Å². The number of rotatable bonds is 5. The van der Waals surface area contributed by atoms with Gasteiger partial charge in [-0.1, -0.05) is 30.3 Å². The van der Waals surface area contributed by atoms with E-state index in [-0.39, 0.29) is 11.5 Å². The lowest BCUT2D eigenvalue weighted by Crippen LogP contribution is -2.26. The summed E-state index contributed by atoms with van der Waals surface area (Å²) >= 11 is 8.76. The molecule has 1 aliphatic rings. The zero-order chi connectivity index (χ0) is 18.0. The number of esters is 1. The highest BCUT2D eigenvalue weighted by molar-refractivity contribution is 8.00. The molecule has 0 spiro atoms. The molecule has 5 nitrogen and oxygen atoms in total. The van der Waals surface area contributed by atoms with Crippen LogP contribution in [-0.4, -0.2) is 33.6 Å². The number of carbonyl (C=O) groups excluding carboxylic acids is 1. The maximum atomic E-state index is 13.0. The van der Waals surface area contributed by atoms with E-state index in [1.807, 2.05) is 6.92 Å². The van der Waals surface area contributed by atoms with Crippen LogP contribution in [0.5, 0.6) is 0 Å². The zero-order valence-corrected chi connectivity index (χ0v) is 16.2. The molecule has 2 heterocycles. The molecule has 3 rings (SSSR count). The summed E-state index contributed by atoms with van der Waals surface area (Å²) in [4.78, 5) is 30.4. The number of nitrogens with zero attached hydrogens (tertiary/aromatic N) is 2. The van der Waals surface area contributed by atoms with Crippen LogP contribution >= 0.6 is 35.1 Å². The lowest BCUT2D eigenvalue weighted by atomic mass is 10.3. The summed E-state index contributed by atoms with van der Waals surface area (Å²) in [5, 5.41) is 0.684. The lowest BCUT2D eigenvalue weighted by Gasteiger charge is -2.17. The first-order valence-electron chi connectivity index (χ1n) is 7.84. The molecular weight excluding hydrogens is 380 g/mol. The van der Waals surface area contributed by atoms with Crippen LogP contribution in [0.4, 0.5) is 0 Å². The summed E-state index contributed by atoms with van der Waals surface area (Å²) < 4.78 is 6.42. The third-order valence-corrected chi connectivity index (χ3v) is 6.49. The van der Waals surface area contributed by atoms with Crippen molar-refractivity contribution in [1.82, 2.24) is 9.55 Å². The molecule has 132 valence electrons. The molecule has 0 saturated heterocycles. The highest BCUT2D eigenvalue weighted by atomic mass is 35.5. The van der Waals surface area contributed by atoms with Crippen molar-refractivity contribution in [1.29, 1.82) is 0 Å².